The first kappa shape index (κ1) is 13.6. The zero-order chi connectivity index (χ0) is 13.2. The van der Waals surface area contributed by atoms with E-state index in [1.165, 1.54) is 0 Å². The molecule has 1 aliphatic rings. The van der Waals surface area contributed by atoms with Crippen molar-refractivity contribution in [3.63, 3.8) is 0 Å². The summed E-state index contributed by atoms with van der Waals surface area (Å²) in [4.78, 5) is 11.7. The van der Waals surface area contributed by atoms with Crippen molar-refractivity contribution in [2.75, 3.05) is 11.1 Å². The summed E-state index contributed by atoms with van der Waals surface area (Å²) in [6, 6.07) is 7.27. The lowest BCUT2D eigenvalue weighted by Crippen LogP contribution is -2.55. The molecule has 1 aromatic carbocycles. The second-order valence-electron chi connectivity index (χ2n) is 4.50. The van der Waals surface area contributed by atoms with Crippen LogP contribution in [0.5, 0.6) is 0 Å². The number of rotatable bonds is 3. The van der Waals surface area contributed by atoms with Gasteiger partial charge >= 0.3 is 5.97 Å². The average Bonchev–Trinajstić information content (AvgIpc) is 2.34. The molecule has 1 fully saturated rings. The van der Waals surface area contributed by atoms with Gasteiger partial charge < -0.3 is 10.4 Å². The van der Waals surface area contributed by atoms with Crippen molar-refractivity contribution in [2.45, 2.75) is 30.6 Å². The SMILES string of the molecule is CC1SCCCC1(Nc1ccccc1Cl)C(=O)O. The monoisotopic (exact) mass is 285 g/mol. The number of hydrogen-bond acceptors (Lipinski definition) is 3. The maximum absolute atomic E-state index is 11.7. The minimum Gasteiger partial charge on any atom is -0.479 e. The number of halogens is 1. The lowest BCUT2D eigenvalue weighted by Gasteiger charge is -2.40. The number of carboxylic acids is 1. The molecule has 0 aliphatic carbocycles. The fraction of sp³-hybridized carbons (Fsp3) is 0.462. The molecule has 2 N–H and O–H groups in total. The van der Waals surface area contributed by atoms with Gasteiger partial charge in [-0.05, 0) is 30.7 Å². The van der Waals surface area contributed by atoms with E-state index in [0.29, 0.717) is 17.1 Å². The van der Waals surface area contributed by atoms with E-state index in [0.717, 1.165) is 12.2 Å². The molecular formula is C13H16ClNO2S. The summed E-state index contributed by atoms with van der Waals surface area (Å²) in [5.41, 5.74) is -0.232. The Hall–Kier alpha value is -0.870. The van der Waals surface area contributed by atoms with Crippen LogP contribution in [0.25, 0.3) is 0 Å². The van der Waals surface area contributed by atoms with Crippen LogP contribution < -0.4 is 5.32 Å². The molecule has 1 aromatic rings. The third-order valence-electron chi connectivity index (χ3n) is 3.39. The lowest BCUT2D eigenvalue weighted by atomic mass is 9.89. The van der Waals surface area contributed by atoms with Crippen LogP contribution in [0.4, 0.5) is 5.69 Å². The van der Waals surface area contributed by atoms with Crippen LogP contribution >= 0.6 is 23.4 Å². The van der Waals surface area contributed by atoms with Crippen molar-refractivity contribution in [1.82, 2.24) is 0 Å². The number of carboxylic acid groups (broad SMARTS) is 1. The Balaban J connectivity index is 2.32. The molecule has 2 unspecified atom stereocenters. The highest BCUT2D eigenvalue weighted by molar-refractivity contribution is 8.00. The zero-order valence-electron chi connectivity index (χ0n) is 10.1. The van der Waals surface area contributed by atoms with Crippen LogP contribution in [0.15, 0.2) is 24.3 Å². The van der Waals surface area contributed by atoms with E-state index in [2.05, 4.69) is 5.32 Å². The fourth-order valence-corrected chi connectivity index (χ4v) is 3.67. The van der Waals surface area contributed by atoms with Crippen LogP contribution in [0, 0.1) is 0 Å². The van der Waals surface area contributed by atoms with Gasteiger partial charge in [0, 0.05) is 5.25 Å². The van der Waals surface area contributed by atoms with Gasteiger partial charge in [-0.2, -0.15) is 11.8 Å². The Morgan fingerprint density at radius 1 is 1.56 bits per heavy atom. The van der Waals surface area contributed by atoms with Gasteiger partial charge in [-0.15, -0.1) is 0 Å². The minimum atomic E-state index is -0.923. The molecule has 0 saturated carbocycles. The first-order chi connectivity index (χ1) is 8.56. The molecule has 0 radical (unpaired) electrons. The van der Waals surface area contributed by atoms with Crippen molar-refractivity contribution in [3.05, 3.63) is 29.3 Å². The summed E-state index contributed by atoms with van der Waals surface area (Å²) in [5, 5.41) is 13.3. The lowest BCUT2D eigenvalue weighted by molar-refractivity contribution is -0.142. The Morgan fingerprint density at radius 2 is 2.28 bits per heavy atom. The number of thioether (sulfide) groups is 1. The molecule has 1 saturated heterocycles. The third-order valence-corrected chi connectivity index (χ3v) is 5.15. The molecule has 98 valence electrons. The Kier molecular flexibility index (Phi) is 4.07. The first-order valence-electron chi connectivity index (χ1n) is 5.94. The van der Waals surface area contributed by atoms with E-state index in [9.17, 15) is 9.90 Å². The Bertz CT molecular complexity index is 454. The van der Waals surface area contributed by atoms with Crippen molar-refractivity contribution < 1.29 is 9.90 Å². The molecule has 5 heteroatoms. The quantitative estimate of drug-likeness (QED) is 0.892. The van der Waals surface area contributed by atoms with E-state index in [4.69, 9.17) is 11.6 Å². The van der Waals surface area contributed by atoms with E-state index >= 15 is 0 Å². The number of anilines is 1. The standard InChI is InChI=1S/C13H16ClNO2S/c1-9-13(12(16)17,7-4-8-18-9)15-11-6-3-2-5-10(11)14/h2-3,5-6,9,15H,4,7-8H2,1H3,(H,16,17). The molecule has 2 rings (SSSR count). The summed E-state index contributed by atoms with van der Waals surface area (Å²) in [7, 11) is 0. The molecule has 18 heavy (non-hydrogen) atoms. The first-order valence-corrected chi connectivity index (χ1v) is 7.36. The minimum absolute atomic E-state index is 0.0139. The van der Waals surface area contributed by atoms with Gasteiger partial charge in [0.2, 0.25) is 0 Å². The summed E-state index contributed by atoms with van der Waals surface area (Å²) in [6.45, 7) is 1.96. The summed E-state index contributed by atoms with van der Waals surface area (Å²) in [5.74, 6) is 0.211. The van der Waals surface area contributed by atoms with Gasteiger partial charge in [0.1, 0.15) is 5.54 Å². The number of nitrogens with one attached hydrogen (secondary N) is 1. The fourth-order valence-electron chi connectivity index (χ4n) is 2.26. The second-order valence-corrected chi connectivity index (χ2v) is 6.35. The molecule has 0 spiro atoms. The van der Waals surface area contributed by atoms with E-state index in [1.54, 1.807) is 17.8 Å². The highest BCUT2D eigenvalue weighted by Gasteiger charge is 2.46. The number of aliphatic carboxylic acids is 1. The molecular weight excluding hydrogens is 270 g/mol. The van der Waals surface area contributed by atoms with Crippen molar-refractivity contribution in [2.24, 2.45) is 0 Å². The number of benzene rings is 1. The Morgan fingerprint density at radius 3 is 2.89 bits per heavy atom. The molecule has 0 amide bonds. The van der Waals surface area contributed by atoms with Crippen molar-refractivity contribution in [3.8, 4) is 0 Å². The largest absolute Gasteiger partial charge is 0.479 e. The van der Waals surface area contributed by atoms with Gasteiger partial charge in [0.25, 0.3) is 0 Å². The number of para-hydroxylation sites is 1. The summed E-state index contributed by atoms with van der Waals surface area (Å²) in [6.07, 6.45) is 1.53. The van der Waals surface area contributed by atoms with Gasteiger partial charge in [-0.1, -0.05) is 30.7 Å². The van der Waals surface area contributed by atoms with E-state index in [-0.39, 0.29) is 5.25 Å². The highest BCUT2D eigenvalue weighted by Crippen LogP contribution is 2.38. The predicted molar refractivity (Wildman–Crippen MR) is 76.6 cm³/mol. The van der Waals surface area contributed by atoms with Gasteiger partial charge in [-0.25, -0.2) is 4.79 Å². The zero-order valence-corrected chi connectivity index (χ0v) is 11.7. The maximum Gasteiger partial charge on any atom is 0.330 e. The summed E-state index contributed by atoms with van der Waals surface area (Å²) >= 11 is 7.79. The van der Waals surface area contributed by atoms with Gasteiger partial charge in [-0.3, -0.25) is 0 Å². The van der Waals surface area contributed by atoms with Gasteiger partial charge in [0.05, 0.1) is 10.7 Å². The molecule has 3 nitrogen and oxygen atoms in total. The van der Waals surface area contributed by atoms with E-state index < -0.39 is 11.5 Å². The third kappa shape index (κ3) is 2.45. The van der Waals surface area contributed by atoms with Gasteiger partial charge in [0.15, 0.2) is 0 Å². The van der Waals surface area contributed by atoms with E-state index in [1.807, 2.05) is 25.1 Å². The number of hydrogen-bond donors (Lipinski definition) is 2. The van der Waals surface area contributed by atoms with Crippen LogP contribution in [0.1, 0.15) is 19.8 Å². The summed E-state index contributed by atoms with van der Waals surface area (Å²) < 4.78 is 0. The smallest absolute Gasteiger partial charge is 0.330 e. The van der Waals surface area contributed by atoms with Crippen LogP contribution in [-0.4, -0.2) is 27.6 Å². The molecule has 0 aromatic heterocycles. The number of carbonyl (C=O) groups is 1. The average molecular weight is 286 g/mol. The maximum atomic E-state index is 11.7. The topological polar surface area (TPSA) is 49.3 Å². The van der Waals surface area contributed by atoms with Crippen LogP contribution in [-0.2, 0) is 4.79 Å². The highest BCUT2D eigenvalue weighted by atomic mass is 35.5. The molecule has 1 heterocycles. The van der Waals surface area contributed by atoms with Crippen LogP contribution in [0.2, 0.25) is 5.02 Å². The van der Waals surface area contributed by atoms with Crippen molar-refractivity contribution in [1.29, 1.82) is 0 Å². The molecule has 2 atom stereocenters. The molecule has 0 bridgehead atoms. The Labute approximate surface area is 116 Å². The van der Waals surface area contributed by atoms with Crippen molar-refractivity contribution >= 4 is 35.0 Å². The predicted octanol–water partition coefficient (Wildman–Crippen LogP) is 3.49. The second kappa shape index (κ2) is 5.41. The van der Waals surface area contributed by atoms with Crippen LogP contribution in [0.3, 0.4) is 0 Å². The molecule has 1 aliphatic heterocycles. The normalized spacial score (nSPS) is 27.8.